The molecule has 1 aromatic rings. The van der Waals surface area contributed by atoms with Gasteiger partial charge in [-0.25, -0.2) is 0 Å². The van der Waals surface area contributed by atoms with Crippen LogP contribution in [0.15, 0.2) is 18.2 Å². The Kier molecular flexibility index (Phi) is 2.52. The number of halogens is 1. The summed E-state index contributed by atoms with van der Waals surface area (Å²) in [5.41, 5.74) is -0.403. The van der Waals surface area contributed by atoms with Crippen LogP contribution in [0, 0.1) is 10.1 Å². The molecule has 5 nitrogen and oxygen atoms in total. The van der Waals surface area contributed by atoms with Crippen molar-refractivity contribution in [2.24, 2.45) is 0 Å². The molecule has 1 N–H and O–H groups in total. The Labute approximate surface area is 97.4 Å². The van der Waals surface area contributed by atoms with Gasteiger partial charge in [0.15, 0.2) is 0 Å². The number of hydrogen-bond donors (Lipinski definition) is 1. The smallest absolute Gasteiger partial charge is 0.310 e. The summed E-state index contributed by atoms with van der Waals surface area (Å²) in [7, 11) is 0. The Balaban J connectivity index is 2.35. The van der Waals surface area contributed by atoms with Crippen molar-refractivity contribution >= 4 is 23.0 Å². The lowest BCUT2D eigenvalue weighted by Crippen LogP contribution is -2.60. The van der Waals surface area contributed by atoms with E-state index in [-0.39, 0.29) is 10.7 Å². The summed E-state index contributed by atoms with van der Waals surface area (Å²) in [6.07, 6.45) is 0. The molecular weight excluding hydrogens is 232 g/mol. The lowest BCUT2D eigenvalue weighted by atomic mass is 9.96. The molecule has 0 radical (unpaired) electrons. The van der Waals surface area contributed by atoms with Gasteiger partial charge in [-0.3, -0.25) is 10.1 Å². The standard InChI is InChI=1S/C10H11ClN2O3/c1-10(14)5-12(6-10)8-4-2-3-7(11)9(8)13(15)16/h2-4,14H,5-6H2,1H3. The molecule has 0 spiro atoms. The Morgan fingerprint density at radius 3 is 2.69 bits per heavy atom. The summed E-state index contributed by atoms with van der Waals surface area (Å²) in [6, 6.07) is 4.79. The van der Waals surface area contributed by atoms with Gasteiger partial charge in [-0.05, 0) is 19.1 Å². The minimum atomic E-state index is -0.768. The SMILES string of the molecule is CC1(O)CN(c2cccc(Cl)c2[N+](=O)[O-])C1. The first-order valence-corrected chi connectivity index (χ1v) is 5.19. The zero-order valence-corrected chi connectivity index (χ0v) is 9.44. The molecule has 2 rings (SSSR count). The van der Waals surface area contributed by atoms with E-state index in [1.807, 2.05) is 0 Å². The topological polar surface area (TPSA) is 66.6 Å². The number of β-amino-alcohol motifs (C(OH)–C–C–N with tert-alkyl or cyclic N) is 1. The molecule has 0 aliphatic carbocycles. The molecule has 0 bridgehead atoms. The zero-order valence-electron chi connectivity index (χ0n) is 8.68. The number of nitro benzene ring substituents is 1. The fourth-order valence-corrected chi connectivity index (χ4v) is 2.12. The molecule has 0 aromatic heterocycles. The molecule has 0 amide bonds. The van der Waals surface area contributed by atoms with Crippen LogP contribution in [-0.2, 0) is 0 Å². The fraction of sp³-hybridized carbons (Fsp3) is 0.400. The molecule has 1 saturated heterocycles. The highest BCUT2D eigenvalue weighted by atomic mass is 35.5. The number of nitrogens with zero attached hydrogens (tertiary/aromatic N) is 2. The molecule has 6 heteroatoms. The van der Waals surface area contributed by atoms with Gasteiger partial charge in [0.2, 0.25) is 0 Å². The Morgan fingerprint density at radius 2 is 2.19 bits per heavy atom. The predicted molar refractivity (Wildman–Crippen MR) is 60.9 cm³/mol. The highest BCUT2D eigenvalue weighted by molar-refractivity contribution is 6.33. The Morgan fingerprint density at radius 1 is 1.56 bits per heavy atom. The summed E-state index contributed by atoms with van der Waals surface area (Å²) in [6.45, 7) is 2.46. The fourth-order valence-electron chi connectivity index (χ4n) is 1.89. The number of nitro groups is 1. The maximum Gasteiger partial charge on any atom is 0.310 e. The van der Waals surface area contributed by atoms with E-state index in [0.717, 1.165) is 0 Å². The maximum atomic E-state index is 10.9. The van der Waals surface area contributed by atoms with Crippen LogP contribution in [-0.4, -0.2) is 28.7 Å². The summed E-state index contributed by atoms with van der Waals surface area (Å²) < 4.78 is 0. The number of rotatable bonds is 2. The zero-order chi connectivity index (χ0) is 11.9. The van der Waals surface area contributed by atoms with Gasteiger partial charge in [-0.2, -0.15) is 0 Å². The second kappa shape index (κ2) is 3.61. The quantitative estimate of drug-likeness (QED) is 0.635. The van der Waals surface area contributed by atoms with E-state index in [1.54, 1.807) is 24.0 Å². The second-order valence-electron chi connectivity index (χ2n) is 4.22. The van der Waals surface area contributed by atoms with E-state index >= 15 is 0 Å². The van der Waals surface area contributed by atoms with Gasteiger partial charge in [0.05, 0.1) is 10.5 Å². The second-order valence-corrected chi connectivity index (χ2v) is 4.62. The van der Waals surface area contributed by atoms with Crippen molar-refractivity contribution in [1.29, 1.82) is 0 Å². The monoisotopic (exact) mass is 242 g/mol. The van der Waals surface area contributed by atoms with Gasteiger partial charge >= 0.3 is 5.69 Å². The average molecular weight is 243 g/mol. The van der Waals surface area contributed by atoms with E-state index in [4.69, 9.17) is 11.6 Å². The molecule has 1 heterocycles. The first-order chi connectivity index (χ1) is 7.41. The van der Waals surface area contributed by atoms with Crippen LogP contribution in [0.2, 0.25) is 5.02 Å². The minimum absolute atomic E-state index is 0.0975. The lowest BCUT2D eigenvalue weighted by Gasteiger charge is -2.45. The van der Waals surface area contributed by atoms with E-state index in [1.165, 1.54) is 6.07 Å². The van der Waals surface area contributed by atoms with Crippen LogP contribution in [0.3, 0.4) is 0 Å². The normalized spacial score (nSPS) is 18.1. The van der Waals surface area contributed by atoms with Crippen molar-refractivity contribution in [2.45, 2.75) is 12.5 Å². The van der Waals surface area contributed by atoms with E-state index < -0.39 is 10.5 Å². The number of hydrogen-bond acceptors (Lipinski definition) is 4. The van der Waals surface area contributed by atoms with Gasteiger partial charge in [-0.1, -0.05) is 17.7 Å². The van der Waals surface area contributed by atoms with Crippen LogP contribution >= 0.6 is 11.6 Å². The lowest BCUT2D eigenvalue weighted by molar-refractivity contribution is -0.384. The number of para-hydroxylation sites is 1. The van der Waals surface area contributed by atoms with Crippen molar-refractivity contribution in [1.82, 2.24) is 0 Å². The highest BCUT2D eigenvalue weighted by Gasteiger charge is 2.39. The maximum absolute atomic E-state index is 10.9. The molecule has 0 saturated carbocycles. The molecule has 0 unspecified atom stereocenters. The van der Waals surface area contributed by atoms with Crippen LogP contribution in [0.1, 0.15) is 6.92 Å². The van der Waals surface area contributed by atoms with Crippen LogP contribution in [0.5, 0.6) is 0 Å². The average Bonchev–Trinajstić information content (AvgIpc) is 2.12. The molecule has 1 aliphatic heterocycles. The van der Waals surface area contributed by atoms with Crippen molar-refractivity contribution in [2.75, 3.05) is 18.0 Å². The highest BCUT2D eigenvalue weighted by Crippen LogP contribution is 2.38. The number of anilines is 1. The summed E-state index contributed by atoms with van der Waals surface area (Å²) >= 11 is 5.79. The first-order valence-electron chi connectivity index (χ1n) is 4.81. The van der Waals surface area contributed by atoms with Crippen LogP contribution in [0.4, 0.5) is 11.4 Å². The van der Waals surface area contributed by atoms with Gasteiger partial charge in [0.25, 0.3) is 0 Å². The molecular formula is C10H11ClN2O3. The Hall–Kier alpha value is -1.33. The molecule has 1 aliphatic rings. The molecule has 1 fully saturated rings. The summed E-state index contributed by atoms with van der Waals surface area (Å²) in [5.74, 6) is 0. The summed E-state index contributed by atoms with van der Waals surface area (Å²) in [4.78, 5) is 12.1. The largest absolute Gasteiger partial charge is 0.386 e. The first kappa shape index (κ1) is 11.2. The Bertz CT molecular complexity index is 440. The minimum Gasteiger partial charge on any atom is -0.386 e. The van der Waals surface area contributed by atoms with Crippen molar-refractivity contribution in [3.8, 4) is 0 Å². The molecule has 86 valence electrons. The van der Waals surface area contributed by atoms with Gasteiger partial charge < -0.3 is 10.0 Å². The third kappa shape index (κ3) is 1.83. The molecule has 16 heavy (non-hydrogen) atoms. The van der Waals surface area contributed by atoms with Gasteiger partial charge in [-0.15, -0.1) is 0 Å². The summed E-state index contributed by atoms with van der Waals surface area (Å²) in [5, 5.41) is 20.6. The van der Waals surface area contributed by atoms with Crippen molar-refractivity contribution < 1.29 is 10.0 Å². The predicted octanol–water partition coefficient (Wildman–Crippen LogP) is 1.82. The van der Waals surface area contributed by atoms with E-state index in [9.17, 15) is 15.2 Å². The van der Waals surface area contributed by atoms with Crippen LogP contribution in [0.25, 0.3) is 0 Å². The van der Waals surface area contributed by atoms with Gasteiger partial charge in [0, 0.05) is 13.1 Å². The van der Waals surface area contributed by atoms with E-state index in [2.05, 4.69) is 0 Å². The van der Waals surface area contributed by atoms with Crippen molar-refractivity contribution in [3.05, 3.63) is 33.3 Å². The van der Waals surface area contributed by atoms with Crippen LogP contribution < -0.4 is 4.90 Å². The third-order valence-corrected chi connectivity index (χ3v) is 2.86. The molecule has 1 aromatic carbocycles. The molecule has 0 atom stereocenters. The van der Waals surface area contributed by atoms with E-state index in [0.29, 0.717) is 18.8 Å². The third-order valence-electron chi connectivity index (χ3n) is 2.55. The number of aliphatic hydroxyl groups is 1. The van der Waals surface area contributed by atoms with Gasteiger partial charge in [0.1, 0.15) is 10.7 Å². The number of benzene rings is 1. The van der Waals surface area contributed by atoms with Crippen molar-refractivity contribution in [3.63, 3.8) is 0 Å².